The number of nitrogens with one attached hydrogen (secondary N) is 1. The molecule has 0 saturated heterocycles. The van der Waals surface area contributed by atoms with E-state index in [2.05, 4.69) is 5.32 Å². The first-order valence-corrected chi connectivity index (χ1v) is 6.90. The highest BCUT2D eigenvalue weighted by atomic mass is 19.1. The number of carbonyl (C=O) groups excluding carboxylic acids is 1. The molecule has 0 fully saturated rings. The van der Waals surface area contributed by atoms with E-state index in [-0.39, 0.29) is 18.7 Å². The van der Waals surface area contributed by atoms with Gasteiger partial charge in [-0.05, 0) is 37.6 Å². The van der Waals surface area contributed by atoms with Crippen LogP contribution in [0.2, 0.25) is 0 Å². The van der Waals surface area contributed by atoms with Gasteiger partial charge in [-0.25, -0.2) is 8.78 Å². The van der Waals surface area contributed by atoms with Gasteiger partial charge in [0.05, 0.1) is 6.54 Å². The van der Waals surface area contributed by atoms with Crippen LogP contribution in [0.1, 0.15) is 21.5 Å². The minimum Gasteiger partial charge on any atom is -0.491 e. The highest BCUT2D eigenvalue weighted by Crippen LogP contribution is 2.18. The normalized spacial score (nSPS) is 10.4. The molecule has 0 radical (unpaired) electrons. The number of carbonyl (C=O) groups is 1. The number of benzene rings is 2. The minimum absolute atomic E-state index is 0.0518. The maximum absolute atomic E-state index is 13.0. The topological polar surface area (TPSA) is 38.3 Å². The Morgan fingerprint density at radius 1 is 1.09 bits per heavy atom. The summed E-state index contributed by atoms with van der Waals surface area (Å²) < 4.78 is 31.6. The molecule has 1 N–H and O–H groups in total. The predicted octanol–water partition coefficient (Wildman–Crippen LogP) is 3.39. The summed E-state index contributed by atoms with van der Waals surface area (Å²) in [4.78, 5) is 11.8. The second-order valence-corrected chi connectivity index (χ2v) is 5.03. The quantitative estimate of drug-likeness (QED) is 0.860. The fraction of sp³-hybridized carbons (Fsp3) is 0.235. The lowest BCUT2D eigenvalue weighted by Crippen LogP contribution is -2.28. The molecule has 2 rings (SSSR count). The molecule has 1 amide bonds. The van der Waals surface area contributed by atoms with E-state index in [1.165, 1.54) is 0 Å². The van der Waals surface area contributed by atoms with E-state index >= 15 is 0 Å². The molecule has 0 saturated carbocycles. The molecule has 0 bridgehead atoms. The van der Waals surface area contributed by atoms with E-state index in [4.69, 9.17) is 4.74 Å². The molecule has 3 nitrogen and oxygen atoms in total. The Bertz CT molecular complexity index is 666. The standard InChI is InChI=1S/C17H17F2NO2/c1-11-3-4-16(12(2)7-11)22-6-5-20-17(21)13-8-14(18)10-15(19)9-13/h3-4,7-10H,5-6H2,1-2H3,(H,20,21). The van der Waals surface area contributed by atoms with Gasteiger partial charge in [0.15, 0.2) is 0 Å². The van der Waals surface area contributed by atoms with Crippen LogP contribution in [-0.4, -0.2) is 19.1 Å². The van der Waals surface area contributed by atoms with Gasteiger partial charge < -0.3 is 10.1 Å². The Balaban J connectivity index is 1.84. The van der Waals surface area contributed by atoms with E-state index in [0.717, 1.165) is 35.1 Å². The summed E-state index contributed by atoms with van der Waals surface area (Å²) in [5.41, 5.74) is 2.11. The highest BCUT2D eigenvalue weighted by Gasteiger charge is 2.08. The average Bonchev–Trinajstić information content (AvgIpc) is 2.44. The number of hydrogen-bond donors (Lipinski definition) is 1. The molecule has 0 aliphatic rings. The van der Waals surface area contributed by atoms with Gasteiger partial charge >= 0.3 is 0 Å². The zero-order valence-corrected chi connectivity index (χ0v) is 12.5. The van der Waals surface area contributed by atoms with Gasteiger partial charge in [0.1, 0.15) is 24.0 Å². The van der Waals surface area contributed by atoms with Gasteiger partial charge in [0.25, 0.3) is 5.91 Å². The largest absolute Gasteiger partial charge is 0.491 e. The van der Waals surface area contributed by atoms with Crippen LogP contribution in [0, 0.1) is 25.5 Å². The molecule has 0 unspecified atom stereocenters. The number of aryl methyl sites for hydroxylation is 2. The molecular weight excluding hydrogens is 288 g/mol. The van der Waals surface area contributed by atoms with Crippen molar-refractivity contribution in [2.45, 2.75) is 13.8 Å². The fourth-order valence-electron chi connectivity index (χ4n) is 2.07. The molecule has 0 atom stereocenters. The van der Waals surface area contributed by atoms with Crippen LogP contribution >= 0.6 is 0 Å². The van der Waals surface area contributed by atoms with Crippen molar-refractivity contribution in [1.82, 2.24) is 5.32 Å². The monoisotopic (exact) mass is 305 g/mol. The Morgan fingerprint density at radius 3 is 2.41 bits per heavy atom. The van der Waals surface area contributed by atoms with Gasteiger partial charge in [-0.15, -0.1) is 0 Å². The first kappa shape index (κ1) is 15.9. The van der Waals surface area contributed by atoms with E-state index in [9.17, 15) is 13.6 Å². The molecule has 22 heavy (non-hydrogen) atoms. The molecule has 0 heterocycles. The first-order valence-electron chi connectivity index (χ1n) is 6.90. The number of halogens is 2. The Labute approximate surface area is 127 Å². The summed E-state index contributed by atoms with van der Waals surface area (Å²) >= 11 is 0. The van der Waals surface area contributed by atoms with Crippen LogP contribution in [0.5, 0.6) is 5.75 Å². The molecule has 2 aromatic carbocycles. The third-order valence-corrected chi connectivity index (χ3v) is 3.10. The fourth-order valence-corrected chi connectivity index (χ4v) is 2.07. The van der Waals surface area contributed by atoms with Crippen LogP contribution < -0.4 is 10.1 Å². The smallest absolute Gasteiger partial charge is 0.251 e. The summed E-state index contributed by atoms with van der Waals surface area (Å²) in [6.45, 7) is 4.45. The molecule has 0 spiro atoms. The van der Waals surface area contributed by atoms with Crippen molar-refractivity contribution in [2.24, 2.45) is 0 Å². The van der Waals surface area contributed by atoms with Crippen molar-refractivity contribution in [3.8, 4) is 5.75 Å². The van der Waals surface area contributed by atoms with Crippen LogP contribution in [0.4, 0.5) is 8.78 Å². The van der Waals surface area contributed by atoms with Crippen molar-refractivity contribution in [3.05, 3.63) is 64.7 Å². The number of amides is 1. The Kier molecular flexibility index (Phi) is 5.09. The highest BCUT2D eigenvalue weighted by molar-refractivity contribution is 5.94. The van der Waals surface area contributed by atoms with Crippen molar-refractivity contribution < 1.29 is 18.3 Å². The number of hydrogen-bond acceptors (Lipinski definition) is 2. The molecular formula is C17H17F2NO2. The molecule has 116 valence electrons. The summed E-state index contributed by atoms with van der Waals surface area (Å²) in [5, 5.41) is 2.56. The summed E-state index contributed by atoms with van der Waals surface area (Å²) in [5.74, 6) is -1.35. The van der Waals surface area contributed by atoms with Crippen LogP contribution in [0.3, 0.4) is 0 Å². The molecule has 0 aliphatic carbocycles. The van der Waals surface area contributed by atoms with E-state index in [1.807, 2.05) is 32.0 Å². The van der Waals surface area contributed by atoms with Crippen molar-refractivity contribution in [2.75, 3.05) is 13.2 Å². The van der Waals surface area contributed by atoms with E-state index in [1.54, 1.807) is 0 Å². The lowest BCUT2D eigenvalue weighted by Gasteiger charge is -2.10. The second-order valence-electron chi connectivity index (χ2n) is 5.03. The Hall–Kier alpha value is -2.43. The molecule has 0 aromatic heterocycles. The van der Waals surface area contributed by atoms with Gasteiger partial charge in [-0.3, -0.25) is 4.79 Å². The third-order valence-electron chi connectivity index (χ3n) is 3.10. The van der Waals surface area contributed by atoms with Crippen molar-refractivity contribution >= 4 is 5.91 Å². The summed E-state index contributed by atoms with van der Waals surface area (Å²) in [6, 6.07) is 8.52. The zero-order valence-electron chi connectivity index (χ0n) is 12.5. The van der Waals surface area contributed by atoms with Crippen molar-refractivity contribution in [1.29, 1.82) is 0 Å². The molecule has 5 heteroatoms. The van der Waals surface area contributed by atoms with Gasteiger partial charge in [-0.1, -0.05) is 17.7 Å². The summed E-state index contributed by atoms with van der Waals surface area (Å²) in [7, 11) is 0. The predicted molar refractivity (Wildman–Crippen MR) is 80.1 cm³/mol. The maximum Gasteiger partial charge on any atom is 0.251 e. The third kappa shape index (κ3) is 4.28. The van der Waals surface area contributed by atoms with Crippen LogP contribution in [0.15, 0.2) is 36.4 Å². The van der Waals surface area contributed by atoms with Crippen LogP contribution in [0.25, 0.3) is 0 Å². The SMILES string of the molecule is Cc1ccc(OCCNC(=O)c2cc(F)cc(F)c2)c(C)c1. The lowest BCUT2D eigenvalue weighted by molar-refractivity contribution is 0.0946. The first-order chi connectivity index (χ1) is 10.5. The van der Waals surface area contributed by atoms with Gasteiger partial charge in [0.2, 0.25) is 0 Å². The van der Waals surface area contributed by atoms with E-state index < -0.39 is 17.5 Å². The second kappa shape index (κ2) is 7.02. The van der Waals surface area contributed by atoms with Crippen LogP contribution in [-0.2, 0) is 0 Å². The average molecular weight is 305 g/mol. The Morgan fingerprint density at radius 2 is 1.77 bits per heavy atom. The molecule has 2 aromatic rings. The van der Waals surface area contributed by atoms with Gasteiger partial charge in [0, 0.05) is 11.6 Å². The number of ether oxygens (including phenoxy) is 1. The summed E-state index contributed by atoms with van der Waals surface area (Å²) in [6.07, 6.45) is 0. The van der Waals surface area contributed by atoms with Crippen molar-refractivity contribution in [3.63, 3.8) is 0 Å². The minimum atomic E-state index is -0.781. The van der Waals surface area contributed by atoms with E-state index in [0.29, 0.717) is 0 Å². The number of rotatable bonds is 5. The zero-order chi connectivity index (χ0) is 16.1. The lowest BCUT2D eigenvalue weighted by atomic mass is 10.1. The maximum atomic E-state index is 13.0. The van der Waals surface area contributed by atoms with Gasteiger partial charge in [-0.2, -0.15) is 0 Å². The molecule has 0 aliphatic heterocycles.